The third kappa shape index (κ3) is 4.62. The summed E-state index contributed by atoms with van der Waals surface area (Å²) in [4.78, 5) is 41.0. The average molecular weight is 472 g/mol. The zero-order valence-corrected chi connectivity index (χ0v) is 20.1. The van der Waals surface area contributed by atoms with Crippen molar-refractivity contribution in [1.29, 1.82) is 0 Å². The van der Waals surface area contributed by atoms with Crippen molar-refractivity contribution in [3.05, 3.63) is 77.9 Å². The lowest BCUT2D eigenvalue weighted by Crippen LogP contribution is -2.50. The number of ether oxygens (including phenoxy) is 1. The van der Waals surface area contributed by atoms with Crippen molar-refractivity contribution >= 4 is 29.1 Å². The van der Waals surface area contributed by atoms with Gasteiger partial charge in [-0.15, -0.1) is 0 Å². The number of carbonyl (C=O) groups excluding carboxylic acids is 3. The number of anilines is 2. The second kappa shape index (κ2) is 10.0. The fourth-order valence-electron chi connectivity index (χ4n) is 4.54. The van der Waals surface area contributed by atoms with Crippen LogP contribution in [-0.4, -0.2) is 30.9 Å². The Kier molecular flexibility index (Phi) is 6.87. The van der Waals surface area contributed by atoms with E-state index in [1.54, 1.807) is 39.2 Å². The quantitative estimate of drug-likeness (QED) is 0.528. The molecule has 3 amide bonds. The van der Waals surface area contributed by atoms with Gasteiger partial charge in [-0.2, -0.15) is 0 Å². The number of nitrogens with zero attached hydrogens (tertiary/aromatic N) is 1. The SMILES string of the molecule is COc1ccccc1CCC(=O)N[C@@H](C)C(=O)N1C(=O)C(C)c2ccccc2-c2c(N)cccc21. The van der Waals surface area contributed by atoms with Crippen LogP contribution in [0.25, 0.3) is 11.1 Å². The number of imide groups is 1. The summed E-state index contributed by atoms with van der Waals surface area (Å²) >= 11 is 0. The van der Waals surface area contributed by atoms with Crippen molar-refractivity contribution in [2.45, 2.75) is 38.6 Å². The Bertz CT molecular complexity index is 1290. The van der Waals surface area contributed by atoms with Crippen LogP contribution >= 0.6 is 0 Å². The number of nitrogens with one attached hydrogen (secondary N) is 1. The van der Waals surface area contributed by atoms with Crippen LogP contribution in [0.4, 0.5) is 11.4 Å². The smallest absolute Gasteiger partial charge is 0.256 e. The molecule has 1 aliphatic rings. The summed E-state index contributed by atoms with van der Waals surface area (Å²) in [5.74, 6) is -1.00. The van der Waals surface area contributed by atoms with Gasteiger partial charge in [-0.05, 0) is 55.2 Å². The Morgan fingerprint density at radius 2 is 1.77 bits per heavy atom. The van der Waals surface area contributed by atoms with E-state index in [4.69, 9.17) is 10.5 Å². The van der Waals surface area contributed by atoms with Gasteiger partial charge in [0.15, 0.2) is 0 Å². The first kappa shape index (κ1) is 24.0. The van der Waals surface area contributed by atoms with Crippen molar-refractivity contribution < 1.29 is 19.1 Å². The summed E-state index contributed by atoms with van der Waals surface area (Å²) in [7, 11) is 1.59. The summed E-state index contributed by atoms with van der Waals surface area (Å²) in [5.41, 5.74) is 10.4. The molecule has 0 saturated heterocycles. The van der Waals surface area contributed by atoms with Crippen molar-refractivity contribution in [2.75, 3.05) is 17.7 Å². The van der Waals surface area contributed by atoms with Crippen LogP contribution in [0.5, 0.6) is 5.75 Å². The highest BCUT2D eigenvalue weighted by atomic mass is 16.5. The molecule has 3 aromatic carbocycles. The molecule has 0 fully saturated rings. The molecular formula is C28H29N3O4. The molecule has 7 nitrogen and oxygen atoms in total. The molecule has 0 spiro atoms. The Hall–Kier alpha value is -4.13. The molecular weight excluding hydrogens is 442 g/mol. The third-order valence-electron chi connectivity index (χ3n) is 6.39. The van der Waals surface area contributed by atoms with E-state index in [0.29, 0.717) is 29.1 Å². The van der Waals surface area contributed by atoms with Gasteiger partial charge in [0.05, 0.1) is 18.7 Å². The Labute approximate surface area is 204 Å². The number of nitrogen functional groups attached to an aromatic ring is 1. The predicted octanol–water partition coefficient (Wildman–Crippen LogP) is 4.06. The first-order chi connectivity index (χ1) is 16.8. The monoisotopic (exact) mass is 471 g/mol. The third-order valence-corrected chi connectivity index (χ3v) is 6.39. The van der Waals surface area contributed by atoms with E-state index in [1.165, 1.54) is 4.90 Å². The van der Waals surface area contributed by atoms with Gasteiger partial charge in [-0.3, -0.25) is 14.4 Å². The lowest BCUT2D eigenvalue weighted by molar-refractivity contribution is -0.131. The van der Waals surface area contributed by atoms with Gasteiger partial charge in [0.25, 0.3) is 5.91 Å². The molecule has 4 rings (SSSR count). The number of amides is 3. The number of hydrogen-bond acceptors (Lipinski definition) is 5. The molecule has 0 saturated carbocycles. The van der Waals surface area contributed by atoms with Crippen molar-refractivity contribution in [3.63, 3.8) is 0 Å². The van der Waals surface area contributed by atoms with Crippen LogP contribution in [-0.2, 0) is 20.8 Å². The average Bonchev–Trinajstić information content (AvgIpc) is 2.96. The summed E-state index contributed by atoms with van der Waals surface area (Å²) in [6, 6.07) is 19.3. The Morgan fingerprint density at radius 1 is 1.06 bits per heavy atom. The molecule has 35 heavy (non-hydrogen) atoms. The topological polar surface area (TPSA) is 102 Å². The second-order valence-corrected chi connectivity index (χ2v) is 8.66. The van der Waals surface area contributed by atoms with Gasteiger partial charge in [0.2, 0.25) is 11.8 Å². The summed E-state index contributed by atoms with van der Waals surface area (Å²) in [6.45, 7) is 3.37. The van der Waals surface area contributed by atoms with E-state index >= 15 is 0 Å². The fraction of sp³-hybridized carbons (Fsp3) is 0.250. The number of para-hydroxylation sites is 1. The minimum absolute atomic E-state index is 0.178. The van der Waals surface area contributed by atoms with Gasteiger partial charge < -0.3 is 15.8 Å². The largest absolute Gasteiger partial charge is 0.496 e. The standard InChI is InChI=1S/C28H29N3O4/c1-17-20-10-5-6-11-21(20)26-22(29)12-8-13-23(26)31(27(17)33)28(34)18(2)30-25(32)16-15-19-9-4-7-14-24(19)35-3/h4-14,17-18H,15-16,29H2,1-3H3,(H,30,32)/t17?,18-/m0/s1. The zero-order valence-electron chi connectivity index (χ0n) is 20.1. The molecule has 3 N–H and O–H groups in total. The van der Waals surface area contributed by atoms with Crippen LogP contribution in [0, 0.1) is 0 Å². The molecule has 1 heterocycles. The van der Waals surface area contributed by atoms with E-state index in [1.807, 2.05) is 48.5 Å². The molecule has 0 bridgehead atoms. The van der Waals surface area contributed by atoms with E-state index < -0.39 is 17.9 Å². The highest BCUT2D eigenvalue weighted by Crippen LogP contribution is 2.44. The van der Waals surface area contributed by atoms with Crippen molar-refractivity contribution in [2.24, 2.45) is 0 Å². The fourth-order valence-corrected chi connectivity index (χ4v) is 4.54. The van der Waals surface area contributed by atoms with Gasteiger partial charge in [0.1, 0.15) is 11.8 Å². The zero-order chi connectivity index (χ0) is 25.1. The number of aryl methyl sites for hydroxylation is 1. The minimum atomic E-state index is -0.910. The lowest BCUT2D eigenvalue weighted by Gasteiger charge is -2.26. The number of rotatable bonds is 6. The lowest BCUT2D eigenvalue weighted by atomic mass is 9.92. The molecule has 1 aliphatic heterocycles. The minimum Gasteiger partial charge on any atom is -0.496 e. The number of hydrogen-bond donors (Lipinski definition) is 2. The van der Waals surface area contributed by atoms with Crippen LogP contribution < -0.4 is 20.7 Å². The maximum absolute atomic E-state index is 13.6. The normalized spacial score (nSPS) is 15.5. The molecule has 0 radical (unpaired) electrons. The number of benzene rings is 3. The van der Waals surface area contributed by atoms with E-state index in [2.05, 4.69) is 5.32 Å². The molecule has 7 heteroatoms. The summed E-state index contributed by atoms with van der Waals surface area (Å²) in [6.07, 6.45) is 0.641. The number of nitrogens with two attached hydrogens (primary N) is 1. The first-order valence-corrected chi connectivity index (χ1v) is 11.6. The van der Waals surface area contributed by atoms with Gasteiger partial charge in [0, 0.05) is 17.7 Å². The van der Waals surface area contributed by atoms with Crippen LogP contribution in [0.1, 0.15) is 37.3 Å². The van der Waals surface area contributed by atoms with Gasteiger partial charge in [-0.25, -0.2) is 4.90 Å². The molecule has 180 valence electrons. The van der Waals surface area contributed by atoms with Crippen LogP contribution in [0.3, 0.4) is 0 Å². The Balaban J connectivity index is 1.57. The summed E-state index contributed by atoms with van der Waals surface area (Å²) in [5, 5.41) is 2.75. The van der Waals surface area contributed by atoms with Crippen LogP contribution in [0.15, 0.2) is 66.7 Å². The first-order valence-electron chi connectivity index (χ1n) is 11.6. The number of fused-ring (bicyclic) bond motifs is 3. The highest BCUT2D eigenvalue weighted by molar-refractivity contribution is 6.22. The molecule has 2 atom stereocenters. The predicted molar refractivity (Wildman–Crippen MR) is 136 cm³/mol. The molecule has 3 aromatic rings. The maximum atomic E-state index is 13.6. The molecule has 0 aliphatic carbocycles. The van der Waals surface area contributed by atoms with Crippen LogP contribution in [0.2, 0.25) is 0 Å². The summed E-state index contributed by atoms with van der Waals surface area (Å²) < 4.78 is 5.34. The molecule has 0 aromatic heterocycles. The van der Waals surface area contributed by atoms with Crippen molar-refractivity contribution in [3.8, 4) is 16.9 Å². The van der Waals surface area contributed by atoms with E-state index in [9.17, 15) is 14.4 Å². The molecule has 1 unspecified atom stereocenters. The number of methoxy groups -OCH3 is 1. The van der Waals surface area contributed by atoms with Gasteiger partial charge in [-0.1, -0.05) is 48.5 Å². The highest BCUT2D eigenvalue weighted by Gasteiger charge is 2.37. The van der Waals surface area contributed by atoms with Gasteiger partial charge >= 0.3 is 0 Å². The second-order valence-electron chi connectivity index (χ2n) is 8.66. The maximum Gasteiger partial charge on any atom is 0.256 e. The van der Waals surface area contributed by atoms with Crippen molar-refractivity contribution in [1.82, 2.24) is 5.32 Å². The van der Waals surface area contributed by atoms with E-state index in [0.717, 1.165) is 16.7 Å². The number of carbonyl (C=O) groups is 3. The van der Waals surface area contributed by atoms with E-state index in [-0.39, 0.29) is 18.2 Å². The Morgan fingerprint density at radius 3 is 2.54 bits per heavy atom.